The number of nitriles is 3. The Morgan fingerprint density at radius 3 is 1.59 bits per heavy atom. The summed E-state index contributed by atoms with van der Waals surface area (Å²) in [6, 6.07) is 82.1. The van der Waals surface area contributed by atoms with Gasteiger partial charge in [-0.1, -0.05) is 133 Å². The lowest BCUT2D eigenvalue weighted by atomic mass is 9.94. The molecule has 2 aromatic heterocycles. The second-order valence-electron chi connectivity index (χ2n) is 16.3. The number of nitrogens with zero attached hydrogens (tertiary/aromatic N) is 7. The molecule has 0 bridgehead atoms. The summed E-state index contributed by atoms with van der Waals surface area (Å²) >= 11 is 0. The summed E-state index contributed by atoms with van der Waals surface area (Å²) in [5.41, 5.74) is 15.0. The van der Waals surface area contributed by atoms with Crippen LogP contribution < -0.4 is 4.90 Å². The summed E-state index contributed by atoms with van der Waals surface area (Å²) < 4.78 is 2.32. The zero-order valence-corrected chi connectivity index (χ0v) is 36.5. The number of anilines is 3. The maximum absolute atomic E-state index is 10.5. The number of para-hydroxylation sites is 3. The summed E-state index contributed by atoms with van der Waals surface area (Å²) in [5.74, 6) is 0.389. The van der Waals surface area contributed by atoms with Crippen molar-refractivity contribution >= 4 is 38.9 Å². The van der Waals surface area contributed by atoms with Gasteiger partial charge in [-0.05, 0) is 113 Å². The molecule has 0 atom stereocenters. The summed E-state index contributed by atoms with van der Waals surface area (Å²) in [6.07, 6.45) is 0. The van der Waals surface area contributed by atoms with Crippen LogP contribution >= 0.6 is 0 Å². The maximum Gasteiger partial charge on any atom is 0.161 e. The molecule has 0 saturated carbocycles. The molecule has 0 aliphatic rings. The number of hydrogen-bond acceptors (Lipinski definition) is 6. The van der Waals surface area contributed by atoms with E-state index in [2.05, 4.69) is 149 Å². The van der Waals surface area contributed by atoms with Crippen molar-refractivity contribution < 1.29 is 0 Å². The number of rotatable bonds is 9. The van der Waals surface area contributed by atoms with Gasteiger partial charge in [0.2, 0.25) is 0 Å². The third kappa shape index (κ3) is 7.47. The first-order chi connectivity index (χ1) is 33.6. The predicted octanol–water partition coefficient (Wildman–Crippen LogP) is 15.0. The Kier molecular flexibility index (Phi) is 10.6. The van der Waals surface area contributed by atoms with E-state index in [4.69, 9.17) is 9.97 Å². The third-order valence-corrected chi connectivity index (χ3v) is 12.4. The Bertz CT molecular complexity index is 3700. The Balaban J connectivity index is 0.907. The molecule has 0 unspecified atom stereocenters. The van der Waals surface area contributed by atoms with Gasteiger partial charge < -0.3 is 9.47 Å². The van der Waals surface area contributed by atoms with E-state index in [1.54, 1.807) is 12.1 Å². The van der Waals surface area contributed by atoms with Crippen molar-refractivity contribution in [2.24, 2.45) is 0 Å². The Morgan fingerprint density at radius 2 is 0.897 bits per heavy atom. The van der Waals surface area contributed by atoms with Crippen LogP contribution in [0.4, 0.5) is 17.1 Å². The predicted molar refractivity (Wildman–Crippen MR) is 272 cm³/mol. The molecule has 7 nitrogen and oxygen atoms in total. The van der Waals surface area contributed by atoms with E-state index in [1.807, 2.05) is 91.0 Å². The average Bonchev–Trinajstić information content (AvgIpc) is 3.75. The summed E-state index contributed by atoms with van der Waals surface area (Å²) in [5, 5.41) is 32.6. The van der Waals surface area contributed by atoms with Crippen molar-refractivity contribution in [3.8, 4) is 80.1 Å². The van der Waals surface area contributed by atoms with Gasteiger partial charge in [0, 0.05) is 50.2 Å². The van der Waals surface area contributed by atoms with Crippen molar-refractivity contribution in [1.29, 1.82) is 15.8 Å². The lowest BCUT2D eigenvalue weighted by Gasteiger charge is -2.25. The first-order valence-electron chi connectivity index (χ1n) is 22.2. The monoisotopic (exact) mass is 867 g/mol. The van der Waals surface area contributed by atoms with Crippen LogP contribution in [0.1, 0.15) is 16.7 Å². The SMILES string of the molecule is N#Cc1cc(-c2ccc(-n3c4ccccc4c4cc(N(c5ccccc5)c5ccccc5)ccc43)cc2)ccc1-c1ccc(-c2cc(-c3ccccc3C#N)nc(-c3ccccc3C#N)n2)cc1. The van der Waals surface area contributed by atoms with Crippen molar-refractivity contribution in [2.75, 3.05) is 4.90 Å². The van der Waals surface area contributed by atoms with Crippen LogP contribution in [-0.4, -0.2) is 14.5 Å². The maximum atomic E-state index is 10.5. The highest BCUT2D eigenvalue weighted by atomic mass is 15.1. The van der Waals surface area contributed by atoms with Gasteiger partial charge in [-0.2, -0.15) is 15.8 Å². The van der Waals surface area contributed by atoms with E-state index in [9.17, 15) is 15.8 Å². The van der Waals surface area contributed by atoms with Gasteiger partial charge >= 0.3 is 0 Å². The smallest absolute Gasteiger partial charge is 0.161 e. The lowest BCUT2D eigenvalue weighted by Crippen LogP contribution is -2.09. The fraction of sp³-hybridized carbons (Fsp3) is 0. The molecule has 68 heavy (non-hydrogen) atoms. The topological polar surface area (TPSA) is 105 Å². The molecule has 11 aromatic rings. The van der Waals surface area contributed by atoms with Crippen LogP contribution in [0.25, 0.3) is 83.6 Å². The second kappa shape index (κ2) is 17.6. The number of aromatic nitrogens is 3. The second-order valence-corrected chi connectivity index (χ2v) is 16.3. The van der Waals surface area contributed by atoms with E-state index in [0.717, 1.165) is 67.0 Å². The molecule has 316 valence electrons. The van der Waals surface area contributed by atoms with Crippen molar-refractivity contribution in [3.05, 3.63) is 241 Å². The van der Waals surface area contributed by atoms with Crippen LogP contribution in [0, 0.1) is 34.0 Å². The molecule has 9 aromatic carbocycles. The van der Waals surface area contributed by atoms with Crippen molar-refractivity contribution in [3.63, 3.8) is 0 Å². The highest BCUT2D eigenvalue weighted by Crippen LogP contribution is 2.40. The molecule has 0 radical (unpaired) electrons. The molecule has 11 rings (SSSR count). The van der Waals surface area contributed by atoms with E-state index in [0.29, 0.717) is 45.0 Å². The summed E-state index contributed by atoms with van der Waals surface area (Å²) in [6.45, 7) is 0. The molecular weight excluding hydrogens is 831 g/mol. The van der Waals surface area contributed by atoms with Gasteiger partial charge in [0.15, 0.2) is 5.82 Å². The summed E-state index contributed by atoms with van der Waals surface area (Å²) in [7, 11) is 0. The molecule has 0 N–H and O–H groups in total. The van der Waals surface area contributed by atoms with E-state index in [1.165, 1.54) is 5.39 Å². The Labute approximate surface area is 393 Å². The highest BCUT2D eigenvalue weighted by Gasteiger charge is 2.19. The number of benzene rings is 9. The molecule has 0 spiro atoms. The Morgan fingerprint density at radius 1 is 0.353 bits per heavy atom. The van der Waals surface area contributed by atoms with Gasteiger partial charge in [0.25, 0.3) is 0 Å². The molecule has 2 heterocycles. The highest BCUT2D eigenvalue weighted by molar-refractivity contribution is 6.10. The van der Waals surface area contributed by atoms with Crippen molar-refractivity contribution in [1.82, 2.24) is 14.5 Å². The lowest BCUT2D eigenvalue weighted by molar-refractivity contribution is 1.18. The fourth-order valence-corrected chi connectivity index (χ4v) is 9.10. The molecule has 0 fully saturated rings. The molecule has 0 aliphatic carbocycles. The fourth-order valence-electron chi connectivity index (χ4n) is 9.10. The minimum absolute atomic E-state index is 0.389. The van der Waals surface area contributed by atoms with Gasteiger partial charge in [0.1, 0.15) is 0 Å². The number of fused-ring (bicyclic) bond motifs is 3. The van der Waals surface area contributed by atoms with Crippen LogP contribution in [0.2, 0.25) is 0 Å². The average molecular weight is 868 g/mol. The third-order valence-electron chi connectivity index (χ3n) is 12.4. The van der Waals surface area contributed by atoms with Crippen molar-refractivity contribution in [2.45, 2.75) is 0 Å². The zero-order chi connectivity index (χ0) is 46.0. The minimum atomic E-state index is 0.389. The Hall–Kier alpha value is -9.87. The first-order valence-corrected chi connectivity index (χ1v) is 22.2. The first kappa shape index (κ1) is 40.9. The van der Waals surface area contributed by atoms with Gasteiger partial charge in [-0.15, -0.1) is 0 Å². The number of hydrogen-bond donors (Lipinski definition) is 0. The molecular formula is C61H37N7. The van der Waals surface area contributed by atoms with Crippen LogP contribution in [0.15, 0.2) is 224 Å². The minimum Gasteiger partial charge on any atom is -0.310 e. The summed E-state index contributed by atoms with van der Waals surface area (Å²) in [4.78, 5) is 12.1. The molecule has 0 aliphatic heterocycles. The zero-order valence-electron chi connectivity index (χ0n) is 36.5. The van der Waals surface area contributed by atoms with E-state index < -0.39 is 0 Å². The van der Waals surface area contributed by atoms with Crippen LogP contribution in [0.3, 0.4) is 0 Å². The van der Waals surface area contributed by atoms with Gasteiger partial charge in [-0.25, -0.2) is 9.97 Å². The molecule has 7 heteroatoms. The molecule has 0 amide bonds. The van der Waals surface area contributed by atoms with Crippen LogP contribution in [0.5, 0.6) is 0 Å². The van der Waals surface area contributed by atoms with E-state index >= 15 is 0 Å². The molecule has 0 saturated heterocycles. The quantitative estimate of drug-likeness (QED) is 0.143. The standard InChI is InChI=1S/C61H37N7/c62-38-45-13-7-9-19-53(45)58-37-57(65-61(66-58)54-20-10-8-14-46(54)39-63)43-25-23-42(24-26-43)52-33-29-44(35-47(52)40-64)41-27-30-50(31-28-41)68-59-22-12-11-21-55(59)56-36-51(32-34-60(56)68)67(48-15-3-1-4-16-48)49-17-5-2-6-18-49/h1-37H. The normalized spacial score (nSPS) is 10.9. The van der Waals surface area contributed by atoms with Gasteiger partial charge in [0.05, 0.1) is 57.3 Å². The van der Waals surface area contributed by atoms with Crippen LogP contribution in [-0.2, 0) is 0 Å². The van der Waals surface area contributed by atoms with E-state index in [-0.39, 0.29) is 0 Å². The largest absolute Gasteiger partial charge is 0.310 e. The van der Waals surface area contributed by atoms with Gasteiger partial charge in [-0.3, -0.25) is 0 Å².